The molecule has 1 aromatic heterocycles. The van der Waals surface area contributed by atoms with E-state index in [-0.39, 0.29) is 5.56 Å². The highest BCUT2D eigenvalue weighted by Crippen LogP contribution is 2.37. The van der Waals surface area contributed by atoms with Crippen LogP contribution in [0.1, 0.15) is 39.0 Å². The van der Waals surface area contributed by atoms with Crippen molar-refractivity contribution in [1.29, 1.82) is 0 Å². The lowest BCUT2D eigenvalue weighted by Crippen LogP contribution is -2.41. The molecular weight excluding hydrogens is 383 g/mol. The fourth-order valence-corrected chi connectivity index (χ4v) is 4.48. The summed E-state index contributed by atoms with van der Waals surface area (Å²) < 4.78 is 12.2. The van der Waals surface area contributed by atoms with Crippen LogP contribution in [0.25, 0.3) is 11.4 Å². The third-order valence-corrected chi connectivity index (χ3v) is 6.90. The molecule has 4 rings (SSSR count). The van der Waals surface area contributed by atoms with Gasteiger partial charge in [0.1, 0.15) is 5.82 Å². The second kappa shape index (κ2) is 6.66. The van der Waals surface area contributed by atoms with Crippen LogP contribution in [0.15, 0.2) is 23.0 Å². The van der Waals surface area contributed by atoms with Crippen LogP contribution in [-0.2, 0) is 21.5 Å². The molecule has 1 N–H and O–H groups in total. The molecule has 1 aromatic carbocycles. The highest BCUT2D eigenvalue weighted by molar-refractivity contribution is 7.98. The summed E-state index contributed by atoms with van der Waals surface area (Å²) >= 11 is 8.30. The maximum atomic E-state index is 12.4. The number of fused-ring (bicyclic) bond motifs is 1. The van der Waals surface area contributed by atoms with Crippen molar-refractivity contribution >= 4 is 35.9 Å². The number of aryl methyl sites for hydroxylation is 1. The van der Waals surface area contributed by atoms with Gasteiger partial charge in [-0.15, -0.1) is 0 Å². The van der Waals surface area contributed by atoms with Gasteiger partial charge in [0.2, 0.25) is 0 Å². The molecule has 5 nitrogen and oxygen atoms in total. The summed E-state index contributed by atoms with van der Waals surface area (Å²) in [5.41, 5.74) is 2.30. The Morgan fingerprint density at radius 2 is 1.93 bits per heavy atom. The zero-order valence-corrected chi connectivity index (χ0v) is 17.5. The smallest absolute Gasteiger partial charge is 0.399 e. The number of H-pyrrole nitrogens is 1. The number of hydrogen-bond donors (Lipinski definition) is 1. The van der Waals surface area contributed by atoms with Crippen LogP contribution in [0.3, 0.4) is 0 Å². The van der Waals surface area contributed by atoms with E-state index in [2.05, 4.69) is 9.97 Å². The SMILES string of the molecule is CC1(C)OB(c2ccc(-c3nc4c(c(=O)[nH]3)CSCC4)c(Cl)c2)OC1(C)C. The minimum absolute atomic E-state index is 0.0756. The van der Waals surface area contributed by atoms with Gasteiger partial charge < -0.3 is 14.3 Å². The highest BCUT2D eigenvalue weighted by Gasteiger charge is 2.51. The van der Waals surface area contributed by atoms with Crippen LogP contribution in [0.4, 0.5) is 0 Å². The van der Waals surface area contributed by atoms with Crippen LogP contribution < -0.4 is 11.0 Å². The molecule has 2 aliphatic rings. The standard InChI is InChI=1S/C19H22BClN2O3S/c1-18(2)19(3,4)26-20(25-18)11-5-6-12(14(21)9-11)16-22-15-7-8-27-10-13(15)17(24)23-16/h5-6,9H,7-8,10H2,1-4H3,(H,22,23,24). The first-order valence-electron chi connectivity index (χ1n) is 9.03. The first-order valence-corrected chi connectivity index (χ1v) is 10.6. The fraction of sp³-hybridized carbons (Fsp3) is 0.474. The zero-order valence-electron chi connectivity index (χ0n) is 15.9. The summed E-state index contributed by atoms with van der Waals surface area (Å²) in [6.07, 6.45) is 0.806. The Balaban J connectivity index is 1.68. The molecule has 0 unspecified atom stereocenters. The molecule has 27 heavy (non-hydrogen) atoms. The molecule has 0 aliphatic carbocycles. The van der Waals surface area contributed by atoms with Gasteiger partial charge in [-0.25, -0.2) is 4.98 Å². The van der Waals surface area contributed by atoms with Crippen molar-refractivity contribution in [1.82, 2.24) is 9.97 Å². The number of thioether (sulfide) groups is 1. The van der Waals surface area contributed by atoms with E-state index in [0.717, 1.165) is 28.9 Å². The van der Waals surface area contributed by atoms with Crippen LogP contribution in [0.5, 0.6) is 0 Å². The van der Waals surface area contributed by atoms with Crippen LogP contribution in [-0.4, -0.2) is 34.0 Å². The summed E-state index contributed by atoms with van der Waals surface area (Å²) in [4.78, 5) is 19.9. The summed E-state index contributed by atoms with van der Waals surface area (Å²) in [5.74, 6) is 2.21. The summed E-state index contributed by atoms with van der Waals surface area (Å²) in [6, 6.07) is 5.61. The molecule has 1 saturated heterocycles. The van der Waals surface area contributed by atoms with E-state index in [0.29, 0.717) is 22.2 Å². The van der Waals surface area contributed by atoms with E-state index in [4.69, 9.17) is 20.9 Å². The number of halogens is 1. The monoisotopic (exact) mass is 404 g/mol. The first-order chi connectivity index (χ1) is 12.7. The zero-order chi connectivity index (χ0) is 19.4. The quantitative estimate of drug-likeness (QED) is 0.779. The Kier molecular flexibility index (Phi) is 4.70. The van der Waals surface area contributed by atoms with Gasteiger partial charge in [-0.05, 0) is 51.4 Å². The van der Waals surface area contributed by atoms with E-state index in [1.165, 1.54) is 0 Å². The van der Waals surface area contributed by atoms with Crippen LogP contribution >= 0.6 is 23.4 Å². The summed E-state index contributed by atoms with van der Waals surface area (Å²) in [7, 11) is -0.478. The molecule has 2 aliphatic heterocycles. The molecular formula is C19H22BClN2O3S. The molecule has 0 bridgehead atoms. The van der Waals surface area contributed by atoms with E-state index < -0.39 is 18.3 Å². The molecule has 0 spiro atoms. The molecule has 0 saturated carbocycles. The molecule has 142 valence electrons. The summed E-state index contributed by atoms with van der Waals surface area (Å²) in [6.45, 7) is 8.07. The Bertz CT molecular complexity index is 944. The minimum Gasteiger partial charge on any atom is -0.399 e. The normalized spacial score (nSPS) is 20.6. The second-order valence-corrected chi connectivity index (χ2v) is 9.48. The average Bonchev–Trinajstić information content (AvgIpc) is 2.82. The van der Waals surface area contributed by atoms with E-state index >= 15 is 0 Å². The number of nitrogens with one attached hydrogen (secondary N) is 1. The number of rotatable bonds is 2. The van der Waals surface area contributed by atoms with Crippen molar-refractivity contribution in [3.63, 3.8) is 0 Å². The van der Waals surface area contributed by atoms with Crippen molar-refractivity contribution in [3.05, 3.63) is 44.8 Å². The second-order valence-electron chi connectivity index (χ2n) is 7.97. The molecule has 1 fully saturated rings. The predicted molar refractivity (Wildman–Crippen MR) is 111 cm³/mol. The third kappa shape index (κ3) is 3.35. The van der Waals surface area contributed by atoms with Crippen LogP contribution in [0, 0.1) is 0 Å². The fourth-order valence-electron chi connectivity index (χ4n) is 3.22. The number of nitrogens with zero attached hydrogens (tertiary/aromatic N) is 1. The van der Waals surface area contributed by atoms with Gasteiger partial charge in [0.15, 0.2) is 0 Å². The van der Waals surface area contributed by atoms with Gasteiger partial charge in [-0.2, -0.15) is 11.8 Å². The number of benzene rings is 1. The Morgan fingerprint density at radius 3 is 2.59 bits per heavy atom. The lowest BCUT2D eigenvalue weighted by atomic mass is 9.79. The topological polar surface area (TPSA) is 64.2 Å². The molecule has 8 heteroatoms. The Hall–Kier alpha value is -1.28. The predicted octanol–water partition coefficient (Wildman–Crippen LogP) is 3.18. The van der Waals surface area contributed by atoms with Crippen molar-refractivity contribution in [2.75, 3.05) is 5.75 Å². The van der Waals surface area contributed by atoms with Crippen LogP contribution in [0.2, 0.25) is 5.02 Å². The highest BCUT2D eigenvalue weighted by atomic mass is 35.5. The van der Waals surface area contributed by atoms with Gasteiger partial charge in [0.05, 0.1) is 21.9 Å². The third-order valence-electron chi connectivity index (χ3n) is 5.60. The summed E-state index contributed by atoms with van der Waals surface area (Å²) in [5, 5.41) is 0.510. The van der Waals surface area contributed by atoms with Gasteiger partial charge >= 0.3 is 7.12 Å². The molecule has 2 aromatic rings. The Labute approximate surface area is 168 Å². The van der Waals surface area contributed by atoms with Gasteiger partial charge in [-0.1, -0.05) is 23.7 Å². The number of hydrogen-bond acceptors (Lipinski definition) is 5. The van der Waals surface area contributed by atoms with Gasteiger partial charge in [0, 0.05) is 16.9 Å². The number of aromatic nitrogens is 2. The lowest BCUT2D eigenvalue weighted by Gasteiger charge is -2.32. The maximum absolute atomic E-state index is 12.4. The number of aromatic amines is 1. The van der Waals surface area contributed by atoms with Gasteiger partial charge in [-0.3, -0.25) is 4.79 Å². The average molecular weight is 405 g/mol. The molecule has 0 amide bonds. The van der Waals surface area contributed by atoms with Crippen molar-refractivity contribution < 1.29 is 9.31 Å². The van der Waals surface area contributed by atoms with E-state index in [9.17, 15) is 4.79 Å². The lowest BCUT2D eigenvalue weighted by molar-refractivity contribution is 0.00578. The molecule has 0 radical (unpaired) electrons. The first kappa shape index (κ1) is 19.1. The maximum Gasteiger partial charge on any atom is 0.494 e. The van der Waals surface area contributed by atoms with Gasteiger partial charge in [0.25, 0.3) is 5.56 Å². The molecule has 0 atom stereocenters. The largest absolute Gasteiger partial charge is 0.494 e. The van der Waals surface area contributed by atoms with Crippen molar-refractivity contribution in [3.8, 4) is 11.4 Å². The van der Waals surface area contributed by atoms with Crippen molar-refractivity contribution in [2.24, 2.45) is 0 Å². The van der Waals surface area contributed by atoms with E-state index in [1.54, 1.807) is 11.8 Å². The van der Waals surface area contributed by atoms with Crippen molar-refractivity contribution in [2.45, 2.75) is 51.1 Å². The minimum atomic E-state index is -0.478. The Morgan fingerprint density at radius 1 is 1.22 bits per heavy atom. The molecule has 3 heterocycles. The van der Waals surface area contributed by atoms with E-state index in [1.807, 2.05) is 45.9 Å².